The number of esters is 2. The Morgan fingerprint density at radius 1 is 1.17 bits per heavy atom. The highest BCUT2D eigenvalue weighted by atomic mass is 79.9. The molecule has 2 rings (SSSR count). The van der Waals surface area contributed by atoms with Crippen LogP contribution in [0.3, 0.4) is 0 Å². The average molecular weight is 399 g/mol. The van der Waals surface area contributed by atoms with Crippen molar-refractivity contribution >= 4 is 27.9 Å². The molecule has 1 aromatic carbocycles. The summed E-state index contributed by atoms with van der Waals surface area (Å²) in [6.45, 7) is 6.69. The third-order valence-corrected chi connectivity index (χ3v) is 4.73. The molecule has 1 aliphatic rings. The van der Waals surface area contributed by atoms with Crippen LogP contribution in [-0.4, -0.2) is 30.3 Å². The molecule has 1 aromatic rings. The van der Waals surface area contributed by atoms with Gasteiger partial charge in [-0.25, -0.2) is 0 Å². The van der Waals surface area contributed by atoms with Gasteiger partial charge in [0.25, 0.3) is 0 Å². The first-order valence-corrected chi connectivity index (χ1v) is 8.88. The van der Waals surface area contributed by atoms with E-state index in [9.17, 15) is 9.59 Å². The molecule has 1 fully saturated rings. The van der Waals surface area contributed by atoms with Gasteiger partial charge in [0.05, 0.1) is 6.10 Å². The Hall–Kier alpha value is -1.40. The van der Waals surface area contributed by atoms with E-state index >= 15 is 0 Å². The molecule has 0 spiro atoms. The molecule has 0 aliphatic carbocycles. The number of rotatable bonds is 4. The molecular weight excluding hydrogens is 376 g/mol. The normalized spacial score (nSPS) is 29.8. The van der Waals surface area contributed by atoms with Crippen LogP contribution in [0, 0.1) is 5.92 Å². The summed E-state index contributed by atoms with van der Waals surface area (Å²) < 4.78 is 18.2. The second-order valence-corrected chi connectivity index (χ2v) is 6.98. The molecule has 0 radical (unpaired) electrons. The van der Waals surface area contributed by atoms with Gasteiger partial charge in [0.1, 0.15) is 12.2 Å². The molecule has 1 saturated heterocycles. The van der Waals surface area contributed by atoms with E-state index < -0.39 is 30.3 Å². The summed E-state index contributed by atoms with van der Waals surface area (Å²) in [5.74, 6) is -0.900. The predicted molar refractivity (Wildman–Crippen MR) is 92.3 cm³/mol. The number of ether oxygens (including phenoxy) is 3. The highest BCUT2D eigenvalue weighted by Gasteiger charge is 2.47. The number of halogens is 1. The number of hydrogen-bond donors (Lipinski definition) is 0. The number of carbonyl (C=O) groups excluding carboxylic acids is 2. The molecular formula is C18H23BrO5. The van der Waals surface area contributed by atoms with Crippen LogP contribution in [0.15, 0.2) is 28.7 Å². The highest BCUT2D eigenvalue weighted by molar-refractivity contribution is 9.10. The molecule has 1 heterocycles. The lowest BCUT2D eigenvalue weighted by atomic mass is 9.84. The van der Waals surface area contributed by atoms with Gasteiger partial charge in [-0.3, -0.25) is 9.59 Å². The van der Waals surface area contributed by atoms with Gasteiger partial charge >= 0.3 is 11.9 Å². The summed E-state index contributed by atoms with van der Waals surface area (Å²) in [6.07, 6.45) is -1.04. The summed E-state index contributed by atoms with van der Waals surface area (Å²) in [6, 6.07) is 7.65. The van der Waals surface area contributed by atoms with Gasteiger partial charge in [-0.15, -0.1) is 0 Å². The molecule has 6 heteroatoms. The van der Waals surface area contributed by atoms with Crippen LogP contribution in [0.1, 0.15) is 45.8 Å². The van der Waals surface area contributed by atoms with Gasteiger partial charge in [0.2, 0.25) is 0 Å². The maximum Gasteiger partial charge on any atom is 0.303 e. The molecule has 0 unspecified atom stereocenters. The maximum atomic E-state index is 11.6. The van der Waals surface area contributed by atoms with Crippen LogP contribution in [0.2, 0.25) is 0 Å². The van der Waals surface area contributed by atoms with Crippen LogP contribution < -0.4 is 0 Å². The van der Waals surface area contributed by atoms with Gasteiger partial charge in [0, 0.05) is 24.2 Å². The molecule has 24 heavy (non-hydrogen) atoms. The monoisotopic (exact) mass is 398 g/mol. The minimum absolute atomic E-state index is 0.0772. The second kappa shape index (κ2) is 8.12. The van der Waals surface area contributed by atoms with Gasteiger partial charge in [-0.05, 0) is 24.1 Å². The minimum atomic E-state index is -0.682. The summed E-state index contributed by atoms with van der Waals surface area (Å²) in [5, 5.41) is 0. The van der Waals surface area contributed by atoms with Gasteiger partial charge in [-0.2, -0.15) is 0 Å². The predicted octanol–water partition coefficient (Wildman–Crippen LogP) is 3.80. The van der Waals surface area contributed by atoms with Crippen molar-refractivity contribution in [3.63, 3.8) is 0 Å². The number of benzene rings is 1. The molecule has 0 N–H and O–H groups in total. The van der Waals surface area contributed by atoms with Crippen molar-refractivity contribution < 1.29 is 23.8 Å². The summed E-state index contributed by atoms with van der Waals surface area (Å²) in [7, 11) is 0. The van der Waals surface area contributed by atoms with E-state index in [4.69, 9.17) is 14.2 Å². The standard InChI is InChI=1S/C18H23BrO5/c1-5-15-10(2)16(22-11(3)20)18(23-12(4)21)17(24-15)13-7-6-8-14(19)9-13/h6-10,15-18H,5H2,1-4H3/t10-,15-,16+,17-,18+/m1/s1. The Morgan fingerprint density at radius 3 is 2.33 bits per heavy atom. The fourth-order valence-corrected chi connectivity index (χ4v) is 3.60. The minimum Gasteiger partial charge on any atom is -0.458 e. The van der Waals surface area contributed by atoms with E-state index in [2.05, 4.69) is 15.9 Å². The van der Waals surface area contributed by atoms with Crippen molar-refractivity contribution in [3.8, 4) is 0 Å². The first kappa shape index (κ1) is 18.9. The van der Waals surface area contributed by atoms with Crippen molar-refractivity contribution in [1.82, 2.24) is 0 Å². The molecule has 0 aromatic heterocycles. The van der Waals surface area contributed by atoms with E-state index in [0.29, 0.717) is 0 Å². The maximum absolute atomic E-state index is 11.6. The van der Waals surface area contributed by atoms with E-state index in [-0.39, 0.29) is 12.0 Å². The van der Waals surface area contributed by atoms with E-state index in [1.54, 1.807) is 0 Å². The quantitative estimate of drug-likeness (QED) is 0.721. The summed E-state index contributed by atoms with van der Waals surface area (Å²) in [5.41, 5.74) is 0.873. The topological polar surface area (TPSA) is 61.8 Å². The van der Waals surface area contributed by atoms with Crippen LogP contribution in [0.4, 0.5) is 0 Å². The molecule has 132 valence electrons. The fourth-order valence-electron chi connectivity index (χ4n) is 3.18. The Kier molecular flexibility index (Phi) is 6.40. The zero-order chi connectivity index (χ0) is 17.9. The van der Waals surface area contributed by atoms with Gasteiger partial charge < -0.3 is 14.2 Å². The Balaban J connectivity index is 2.43. The molecule has 0 bridgehead atoms. The zero-order valence-electron chi connectivity index (χ0n) is 14.3. The van der Waals surface area contributed by atoms with Gasteiger partial charge in [0.15, 0.2) is 6.10 Å². The highest BCUT2D eigenvalue weighted by Crippen LogP contribution is 2.40. The lowest BCUT2D eigenvalue weighted by molar-refractivity contribution is -0.225. The fraction of sp³-hybridized carbons (Fsp3) is 0.556. The molecule has 0 amide bonds. The largest absolute Gasteiger partial charge is 0.458 e. The van der Waals surface area contributed by atoms with Crippen molar-refractivity contribution in [1.29, 1.82) is 0 Å². The van der Waals surface area contributed by atoms with Crippen molar-refractivity contribution in [2.45, 2.75) is 58.5 Å². The SMILES string of the molecule is CC[C@H]1O[C@H](c2cccc(Br)c2)[C@@H](OC(C)=O)[C@@H](OC(C)=O)[C@@H]1C. The molecule has 5 nitrogen and oxygen atoms in total. The van der Waals surface area contributed by atoms with Crippen molar-refractivity contribution in [2.24, 2.45) is 5.92 Å². The van der Waals surface area contributed by atoms with Crippen molar-refractivity contribution in [3.05, 3.63) is 34.3 Å². The second-order valence-electron chi connectivity index (χ2n) is 6.07. The lowest BCUT2D eigenvalue weighted by Gasteiger charge is -2.44. The summed E-state index contributed by atoms with van der Waals surface area (Å²) in [4.78, 5) is 23.2. The van der Waals surface area contributed by atoms with E-state index in [0.717, 1.165) is 16.5 Å². The van der Waals surface area contributed by atoms with Crippen molar-refractivity contribution in [2.75, 3.05) is 0 Å². The van der Waals surface area contributed by atoms with Crippen LogP contribution in [-0.2, 0) is 23.8 Å². The smallest absolute Gasteiger partial charge is 0.303 e. The van der Waals surface area contributed by atoms with E-state index in [1.165, 1.54) is 13.8 Å². The van der Waals surface area contributed by atoms with Crippen LogP contribution in [0.25, 0.3) is 0 Å². The molecule has 5 atom stereocenters. The summed E-state index contributed by atoms with van der Waals surface area (Å²) >= 11 is 3.45. The van der Waals surface area contributed by atoms with E-state index in [1.807, 2.05) is 38.1 Å². The third kappa shape index (κ3) is 4.36. The van der Waals surface area contributed by atoms with Crippen LogP contribution >= 0.6 is 15.9 Å². The number of hydrogen-bond acceptors (Lipinski definition) is 5. The Morgan fingerprint density at radius 2 is 1.79 bits per heavy atom. The first-order chi connectivity index (χ1) is 11.3. The first-order valence-electron chi connectivity index (χ1n) is 8.08. The number of carbonyl (C=O) groups is 2. The Bertz CT molecular complexity index is 603. The Labute approximate surface area is 150 Å². The third-order valence-electron chi connectivity index (χ3n) is 4.23. The molecule has 0 saturated carbocycles. The zero-order valence-corrected chi connectivity index (χ0v) is 15.9. The average Bonchev–Trinajstić information content (AvgIpc) is 2.50. The molecule has 1 aliphatic heterocycles. The lowest BCUT2D eigenvalue weighted by Crippen LogP contribution is -2.52. The van der Waals surface area contributed by atoms with Crippen LogP contribution in [0.5, 0.6) is 0 Å². The van der Waals surface area contributed by atoms with Gasteiger partial charge in [-0.1, -0.05) is 41.9 Å².